The van der Waals surface area contributed by atoms with Gasteiger partial charge in [0.25, 0.3) is 5.43 Å². The molecule has 1 heterocycles. The van der Waals surface area contributed by atoms with Crippen LogP contribution in [0, 0.1) is 5.92 Å². The van der Waals surface area contributed by atoms with Crippen LogP contribution in [-0.4, -0.2) is 18.0 Å². The van der Waals surface area contributed by atoms with Crippen LogP contribution in [0.2, 0.25) is 5.02 Å². The Kier molecular flexibility index (Phi) is 5.33. The molecule has 0 aliphatic carbocycles. The predicted molar refractivity (Wildman–Crippen MR) is 115 cm³/mol. The molecule has 0 bridgehead atoms. The van der Waals surface area contributed by atoms with Gasteiger partial charge in [0, 0.05) is 17.3 Å². The Morgan fingerprint density at radius 3 is 2.25 bits per heavy atom. The van der Waals surface area contributed by atoms with Crippen molar-refractivity contribution in [3.8, 4) is 11.1 Å². The van der Waals surface area contributed by atoms with Gasteiger partial charge in [-0.2, -0.15) is 0 Å². The second kappa shape index (κ2) is 7.90. The van der Waals surface area contributed by atoms with Crippen LogP contribution in [0.3, 0.4) is 0 Å². The zero-order valence-corrected chi connectivity index (χ0v) is 16.6. The topological polar surface area (TPSA) is 49.4 Å². The second-order valence-corrected chi connectivity index (χ2v) is 8.13. The highest BCUT2D eigenvalue weighted by atomic mass is 35.5. The van der Waals surface area contributed by atoms with Gasteiger partial charge in [-0.1, -0.05) is 42.8 Å². The first-order valence-electron chi connectivity index (χ1n) is 9.69. The average Bonchev–Trinajstić information content (AvgIpc) is 2.71. The number of nitrogens with zero attached hydrogens (tertiary/aromatic N) is 1. The van der Waals surface area contributed by atoms with E-state index in [0.717, 1.165) is 31.2 Å². The lowest BCUT2D eigenvalue weighted by Gasteiger charge is -2.30. The monoisotopic (exact) mass is 394 g/mol. The molecule has 0 amide bonds. The number of benzene rings is 2. The quantitative estimate of drug-likeness (QED) is 0.643. The molecule has 4 nitrogen and oxygen atoms in total. The molecule has 0 atom stereocenters. The van der Waals surface area contributed by atoms with Gasteiger partial charge in [-0.25, -0.2) is 0 Å². The molecular weight excluding hydrogens is 372 g/mol. The smallest absolute Gasteiger partial charge is 0.250 e. The van der Waals surface area contributed by atoms with E-state index in [1.54, 1.807) is 24.3 Å². The summed E-state index contributed by atoms with van der Waals surface area (Å²) in [5.41, 5.74) is 2.60. The Labute approximate surface area is 169 Å². The predicted octanol–water partition coefficient (Wildman–Crippen LogP) is 4.58. The number of rotatable bonds is 5. The number of halogens is 1. The molecule has 1 saturated heterocycles. The van der Waals surface area contributed by atoms with Crippen molar-refractivity contribution in [2.45, 2.75) is 26.3 Å². The Morgan fingerprint density at radius 1 is 0.964 bits per heavy atom. The zero-order valence-electron chi connectivity index (χ0n) is 15.9. The summed E-state index contributed by atoms with van der Waals surface area (Å²) in [5, 5.41) is 3.71. The van der Waals surface area contributed by atoms with Gasteiger partial charge in [-0.3, -0.25) is 14.5 Å². The van der Waals surface area contributed by atoms with Crippen molar-refractivity contribution in [3.05, 3.63) is 79.6 Å². The van der Waals surface area contributed by atoms with E-state index in [9.17, 15) is 9.59 Å². The number of anilines is 2. The zero-order chi connectivity index (χ0) is 19.7. The van der Waals surface area contributed by atoms with Gasteiger partial charge in [0.05, 0.1) is 5.56 Å². The largest absolute Gasteiger partial charge is 0.352 e. The Bertz CT molecular complexity index is 1030. The van der Waals surface area contributed by atoms with E-state index < -0.39 is 10.9 Å². The van der Waals surface area contributed by atoms with E-state index in [1.807, 2.05) is 12.1 Å². The van der Waals surface area contributed by atoms with Crippen LogP contribution in [0.15, 0.2) is 58.1 Å². The number of likely N-dealkylation sites (tertiary alicyclic amines) is 1. The van der Waals surface area contributed by atoms with Crippen LogP contribution in [-0.2, 0) is 6.54 Å². The summed E-state index contributed by atoms with van der Waals surface area (Å²) >= 11 is 5.91. The fraction of sp³-hybridized carbons (Fsp3) is 0.304. The molecule has 5 heteroatoms. The molecule has 0 saturated carbocycles. The van der Waals surface area contributed by atoms with Crippen LogP contribution in [0.25, 0.3) is 11.1 Å². The Balaban J connectivity index is 1.47. The normalized spacial score (nSPS) is 15.8. The molecule has 3 aromatic rings. The summed E-state index contributed by atoms with van der Waals surface area (Å²) < 4.78 is 0. The van der Waals surface area contributed by atoms with Crippen molar-refractivity contribution in [3.63, 3.8) is 0 Å². The summed E-state index contributed by atoms with van der Waals surface area (Å²) in [6.45, 7) is 5.56. The molecule has 0 aromatic heterocycles. The van der Waals surface area contributed by atoms with Gasteiger partial charge in [0.2, 0.25) is 5.43 Å². The lowest BCUT2D eigenvalue weighted by atomic mass is 9.98. The van der Waals surface area contributed by atoms with E-state index >= 15 is 0 Å². The molecule has 0 unspecified atom stereocenters. The average molecular weight is 395 g/mol. The molecule has 1 fully saturated rings. The highest BCUT2D eigenvalue weighted by Crippen LogP contribution is 2.28. The van der Waals surface area contributed by atoms with Gasteiger partial charge >= 0.3 is 0 Å². The van der Waals surface area contributed by atoms with Gasteiger partial charge in [0.1, 0.15) is 5.69 Å². The molecule has 144 valence electrons. The first-order chi connectivity index (χ1) is 13.5. The van der Waals surface area contributed by atoms with E-state index in [2.05, 4.69) is 29.3 Å². The molecule has 0 radical (unpaired) electrons. The minimum Gasteiger partial charge on any atom is -0.352 e. The molecule has 4 rings (SSSR count). The lowest BCUT2D eigenvalue weighted by molar-refractivity contribution is 0.185. The van der Waals surface area contributed by atoms with Gasteiger partial charge in [0.15, 0.2) is 0 Å². The number of piperidine rings is 1. The summed E-state index contributed by atoms with van der Waals surface area (Å²) in [5.74, 6) is 0.827. The van der Waals surface area contributed by atoms with E-state index in [4.69, 9.17) is 11.6 Å². The molecule has 1 N–H and O–H groups in total. The summed E-state index contributed by atoms with van der Waals surface area (Å²) in [6, 6.07) is 15.0. The highest BCUT2D eigenvalue weighted by Gasteiger charge is 2.22. The van der Waals surface area contributed by atoms with Crippen molar-refractivity contribution in [2.75, 3.05) is 18.4 Å². The van der Waals surface area contributed by atoms with Crippen LogP contribution in [0.1, 0.15) is 25.3 Å². The standard InChI is InChI=1S/C23H23ClN2O2/c1-15-10-12-26(13-11-15)14-16-2-8-19(9-3-16)25-21-20(22(27)23(21)28)17-4-6-18(24)7-5-17/h2-9,15,25H,10-14H2,1H3. The fourth-order valence-electron chi connectivity index (χ4n) is 3.72. The van der Waals surface area contributed by atoms with Gasteiger partial charge < -0.3 is 5.32 Å². The maximum Gasteiger partial charge on any atom is 0.250 e. The lowest BCUT2D eigenvalue weighted by Crippen LogP contribution is -2.35. The van der Waals surface area contributed by atoms with Crippen molar-refractivity contribution < 1.29 is 0 Å². The minimum atomic E-state index is -0.475. The van der Waals surface area contributed by atoms with Crippen LogP contribution < -0.4 is 16.2 Å². The van der Waals surface area contributed by atoms with Crippen LogP contribution >= 0.6 is 11.6 Å². The first-order valence-corrected chi connectivity index (χ1v) is 10.1. The van der Waals surface area contributed by atoms with Gasteiger partial charge in [-0.05, 0) is 67.2 Å². The van der Waals surface area contributed by atoms with E-state index in [1.165, 1.54) is 18.4 Å². The molecule has 0 spiro atoms. The van der Waals surface area contributed by atoms with Crippen LogP contribution in [0.5, 0.6) is 0 Å². The van der Waals surface area contributed by atoms with Crippen LogP contribution in [0.4, 0.5) is 11.4 Å². The van der Waals surface area contributed by atoms with E-state index in [0.29, 0.717) is 21.8 Å². The summed E-state index contributed by atoms with van der Waals surface area (Å²) in [4.78, 5) is 26.6. The molecular formula is C23H23ClN2O2. The van der Waals surface area contributed by atoms with Crippen molar-refractivity contribution in [1.82, 2.24) is 4.90 Å². The molecule has 28 heavy (non-hydrogen) atoms. The maximum atomic E-state index is 12.1. The Hall–Kier alpha value is -2.43. The maximum absolute atomic E-state index is 12.1. The third-order valence-corrected chi connectivity index (χ3v) is 5.80. The summed E-state index contributed by atoms with van der Waals surface area (Å²) in [7, 11) is 0. The van der Waals surface area contributed by atoms with Gasteiger partial charge in [-0.15, -0.1) is 0 Å². The SMILES string of the molecule is CC1CCN(Cc2ccc(Nc3c(-c4ccc(Cl)cc4)c(=O)c3=O)cc2)CC1. The number of hydrogen-bond acceptors (Lipinski definition) is 4. The number of hydrogen-bond donors (Lipinski definition) is 1. The highest BCUT2D eigenvalue weighted by molar-refractivity contribution is 6.30. The van der Waals surface area contributed by atoms with Crippen molar-refractivity contribution >= 4 is 23.0 Å². The molecule has 1 aliphatic heterocycles. The van der Waals surface area contributed by atoms with Crippen molar-refractivity contribution in [2.24, 2.45) is 5.92 Å². The first kappa shape index (κ1) is 18.9. The summed E-state index contributed by atoms with van der Waals surface area (Å²) in [6.07, 6.45) is 2.52. The van der Waals surface area contributed by atoms with E-state index in [-0.39, 0.29) is 0 Å². The van der Waals surface area contributed by atoms with Crippen molar-refractivity contribution in [1.29, 1.82) is 0 Å². The Morgan fingerprint density at radius 2 is 1.61 bits per heavy atom. The molecule has 3 aromatic carbocycles. The second-order valence-electron chi connectivity index (χ2n) is 7.70. The minimum absolute atomic E-state index is 0.352. The third-order valence-electron chi connectivity index (χ3n) is 5.55. The molecule has 1 aliphatic rings. The fourth-order valence-corrected chi connectivity index (χ4v) is 3.85. The third kappa shape index (κ3) is 3.89. The number of nitrogens with one attached hydrogen (secondary N) is 1.